The van der Waals surface area contributed by atoms with Crippen LogP contribution in [0.15, 0.2) is 42.5 Å². The minimum Gasteiger partial charge on any atom is -0.484 e. The van der Waals surface area contributed by atoms with Crippen molar-refractivity contribution in [2.24, 2.45) is 0 Å². The van der Waals surface area contributed by atoms with E-state index in [0.29, 0.717) is 24.8 Å². The van der Waals surface area contributed by atoms with Gasteiger partial charge < -0.3 is 14.8 Å². The monoisotopic (exact) mass is 402 g/mol. The van der Waals surface area contributed by atoms with Gasteiger partial charge in [-0.05, 0) is 43.2 Å². The summed E-state index contributed by atoms with van der Waals surface area (Å²) in [4.78, 5) is 14.7. The van der Waals surface area contributed by atoms with E-state index in [1.165, 1.54) is 5.56 Å². The van der Waals surface area contributed by atoms with Crippen molar-refractivity contribution in [2.45, 2.75) is 19.9 Å². The second kappa shape index (κ2) is 9.92. The van der Waals surface area contributed by atoms with E-state index in [2.05, 4.69) is 10.2 Å². The molecule has 1 aliphatic rings. The van der Waals surface area contributed by atoms with Crippen molar-refractivity contribution < 1.29 is 14.3 Å². The average Bonchev–Trinajstić information content (AvgIpc) is 2.69. The maximum Gasteiger partial charge on any atom is 0.258 e. The van der Waals surface area contributed by atoms with Crippen molar-refractivity contribution in [2.75, 3.05) is 39.5 Å². The number of nitrogens with one attached hydrogen (secondary N) is 1. The van der Waals surface area contributed by atoms with Crippen LogP contribution in [0.5, 0.6) is 5.75 Å². The number of hydrogen-bond acceptors (Lipinski definition) is 4. The quantitative estimate of drug-likeness (QED) is 0.769. The Labute approximate surface area is 171 Å². The molecule has 3 rings (SSSR count). The maximum atomic E-state index is 12.4. The van der Waals surface area contributed by atoms with Gasteiger partial charge in [-0.25, -0.2) is 0 Å². The highest BCUT2D eigenvalue weighted by atomic mass is 35.5. The number of carbonyl (C=O) groups excluding carboxylic acids is 1. The normalized spacial score (nSPS) is 15.8. The minimum absolute atomic E-state index is 0.000347. The van der Waals surface area contributed by atoms with Gasteiger partial charge in [0.05, 0.1) is 19.3 Å². The van der Waals surface area contributed by atoms with Gasteiger partial charge in [0.1, 0.15) is 5.75 Å². The standard InChI is InChI=1S/C22H27ClN2O3/c1-16-3-8-21(17(2)13-16)28-15-22(26)24-14-20(25-9-11-27-12-10-25)18-4-6-19(23)7-5-18/h3-8,13,20H,9-12,14-15H2,1-2H3,(H,24,26). The fourth-order valence-corrected chi connectivity index (χ4v) is 3.52. The highest BCUT2D eigenvalue weighted by molar-refractivity contribution is 6.30. The predicted molar refractivity (Wildman–Crippen MR) is 111 cm³/mol. The molecule has 5 nitrogen and oxygen atoms in total. The molecule has 150 valence electrons. The first-order valence-corrected chi connectivity index (χ1v) is 9.95. The van der Waals surface area contributed by atoms with E-state index in [1.54, 1.807) is 0 Å². The summed E-state index contributed by atoms with van der Waals surface area (Å²) in [6, 6.07) is 13.8. The summed E-state index contributed by atoms with van der Waals surface area (Å²) in [5, 5.41) is 3.72. The van der Waals surface area contributed by atoms with Gasteiger partial charge in [0, 0.05) is 24.7 Å². The first-order valence-electron chi connectivity index (χ1n) is 9.57. The average molecular weight is 403 g/mol. The first kappa shape index (κ1) is 20.6. The number of carbonyl (C=O) groups is 1. The zero-order valence-electron chi connectivity index (χ0n) is 16.4. The molecule has 0 aliphatic carbocycles. The van der Waals surface area contributed by atoms with E-state index in [0.717, 1.165) is 30.0 Å². The number of benzene rings is 2. The summed E-state index contributed by atoms with van der Waals surface area (Å²) in [6.07, 6.45) is 0. The highest BCUT2D eigenvalue weighted by Gasteiger charge is 2.23. The summed E-state index contributed by atoms with van der Waals surface area (Å²) in [7, 11) is 0. The lowest BCUT2D eigenvalue weighted by molar-refractivity contribution is -0.123. The van der Waals surface area contributed by atoms with Crippen molar-refractivity contribution in [3.8, 4) is 5.75 Å². The van der Waals surface area contributed by atoms with Crippen molar-refractivity contribution in [3.05, 3.63) is 64.2 Å². The van der Waals surface area contributed by atoms with E-state index < -0.39 is 0 Å². The molecule has 28 heavy (non-hydrogen) atoms. The van der Waals surface area contributed by atoms with Gasteiger partial charge in [-0.2, -0.15) is 0 Å². The summed E-state index contributed by atoms with van der Waals surface area (Å²) in [6.45, 7) is 7.60. The second-order valence-corrected chi connectivity index (χ2v) is 7.51. The molecule has 1 saturated heterocycles. The molecule has 0 aromatic heterocycles. The molecule has 1 aliphatic heterocycles. The summed E-state index contributed by atoms with van der Waals surface area (Å²) >= 11 is 6.03. The molecule has 2 aromatic carbocycles. The van der Waals surface area contributed by atoms with Crippen LogP contribution in [0.4, 0.5) is 0 Å². The Morgan fingerprint density at radius 1 is 1.18 bits per heavy atom. The Balaban J connectivity index is 1.59. The lowest BCUT2D eigenvalue weighted by Gasteiger charge is -2.35. The topological polar surface area (TPSA) is 50.8 Å². The lowest BCUT2D eigenvalue weighted by atomic mass is 10.0. The van der Waals surface area contributed by atoms with Crippen LogP contribution in [0.2, 0.25) is 5.02 Å². The Bertz CT molecular complexity index is 789. The molecule has 1 N–H and O–H groups in total. The molecule has 1 heterocycles. The summed E-state index contributed by atoms with van der Waals surface area (Å²) in [5.74, 6) is 0.607. The van der Waals surface area contributed by atoms with E-state index in [9.17, 15) is 4.79 Å². The number of halogens is 1. The number of aryl methyl sites for hydroxylation is 2. The maximum absolute atomic E-state index is 12.4. The molecule has 1 unspecified atom stereocenters. The fraction of sp³-hybridized carbons (Fsp3) is 0.409. The molecule has 0 saturated carbocycles. The molecule has 0 bridgehead atoms. The Hall–Kier alpha value is -2.08. The molecule has 6 heteroatoms. The zero-order chi connectivity index (χ0) is 19.9. The Kier molecular flexibility index (Phi) is 7.31. The van der Waals surface area contributed by atoms with Crippen LogP contribution < -0.4 is 10.1 Å². The van der Waals surface area contributed by atoms with E-state index in [-0.39, 0.29) is 18.6 Å². The molecule has 2 aromatic rings. The SMILES string of the molecule is Cc1ccc(OCC(=O)NCC(c2ccc(Cl)cc2)N2CCOCC2)c(C)c1. The number of ether oxygens (including phenoxy) is 2. The van der Waals surface area contributed by atoms with Gasteiger partial charge in [-0.3, -0.25) is 9.69 Å². The highest BCUT2D eigenvalue weighted by Crippen LogP contribution is 2.23. The van der Waals surface area contributed by atoms with Crippen LogP contribution in [0, 0.1) is 13.8 Å². The number of nitrogens with zero attached hydrogens (tertiary/aromatic N) is 1. The number of morpholine rings is 1. The third-order valence-corrected chi connectivity index (χ3v) is 5.17. The number of hydrogen-bond donors (Lipinski definition) is 1. The molecule has 0 spiro atoms. The zero-order valence-corrected chi connectivity index (χ0v) is 17.2. The Morgan fingerprint density at radius 3 is 2.57 bits per heavy atom. The van der Waals surface area contributed by atoms with E-state index >= 15 is 0 Å². The third-order valence-electron chi connectivity index (χ3n) is 4.92. The van der Waals surface area contributed by atoms with E-state index in [1.807, 2.05) is 56.3 Å². The summed E-state index contributed by atoms with van der Waals surface area (Å²) < 4.78 is 11.2. The third kappa shape index (κ3) is 5.71. The van der Waals surface area contributed by atoms with Crippen molar-refractivity contribution in [1.82, 2.24) is 10.2 Å². The largest absolute Gasteiger partial charge is 0.484 e. The Morgan fingerprint density at radius 2 is 1.89 bits per heavy atom. The van der Waals surface area contributed by atoms with Gasteiger partial charge in [-0.1, -0.05) is 41.4 Å². The smallest absolute Gasteiger partial charge is 0.258 e. The molecular formula is C22H27ClN2O3. The van der Waals surface area contributed by atoms with Gasteiger partial charge in [0.25, 0.3) is 5.91 Å². The molecular weight excluding hydrogens is 376 g/mol. The van der Waals surface area contributed by atoms with Crippen LogP contribution in [0.25, 0.3) is 0 Å². The van der Waals surface area contributed by atoms with Crippen molar-refractivity contribution >= 4 is 17.5 Å². The molecule has 1 atom stereocenters. The number of rotatable bonds is 7. The van der Waals surface area contributed by atoms with Crippen LogP contribution >= 0.6 is 11.6 Å². The van der Waals surface area contributed by atoms with Crippen LogP contribution in [0.1, 0.15) is 22.7 Å². The van der Waals surface area contributed by atoms with E-state index in [4.69, 9.17) is 21.1 Å². The van der Waals surface area contributed by atoms with Crippen LogP contribution in [0.3, 0.4) is 0 Å². The van der Waals surface area contributed by atoms with Crippen molar-refractivity contribution in [1.29, 1.82) is 0 Å². The lowest BCUT2D eigenvalue weighted by Crippen LogP contribution is -2.44. The van der Waals surface area contributed by atoms with Crippen molar-refractivity contribution in [3.63, 3.8) is 0 Å². The van der Waals surface area contributed by atoms with Crippen LogP contribution in [-0.2, 0) is 9.53 Å². The van der Waals surface area contributed by atoms with Gasteiger partial charge in [-0.15, -0.1) is 0 Å². The van der Waals surface area contributed by atoms with Gasteiger partial charge >= 0.3 is 0 Å². The van der Waals surface area contributed by atoms with Gasteiger partial charge in [0.15, 0.2) is 6.61 Å². The summed E-state index contributed by atoms with van der Waals surface area (Å²) in [5.41, 5.74) is 3.33. The number of amides is 1. The van der Waals surface area contributed by atoms with Gasteiger partial charge in [0.2, 0.25) is 0 Å². The minimum atomic E-state index is -0.132. The molecule has 1 amide bonds. The second-order valence-electron chi connectivity index (χ2n) is 7.08. The fourth-order valence-electron chi connectivity index (χ4n) is 3.40. The predicted octanol–water partition coefficient (Wildman–Crippen LogP) is 3.53. The molecule has 1 fully saturated rings. The molecule has 0 radical (unpaired) electrons. The first-order chi connectivity index (χ1) is 13.5. The van der Waals surface area contributed by atoms with Crippen LogP contribution in [-0.4, -0.2) is 50.3 Å².